The second-order valence-corrected chi connectivity index (χ2v) is 5.09. The van der Waals surface area contributed by atoms with Gasteiger partial charge in [-0.2, -0.15) is 0 Å². The zero-order chi connectivity index (χ0) is 10.6. The predicted octanol–water partition coefficient (Wildman–Crippen LogP) is 4.03. The van der Waals surface area contributed by atoms with Crippen LogP contribution in [0.2, 0.25) is 0 Å². The molecule has 0 fully saturated rings. The molecular formula is C11H11BrOS. The van der Waals surface area contributed by atoms with E-state index in [1.165, 1.54) is 11.8 Å². The van der Waals surface area contributed by atoms with Gasteiger partial charge in [0.2, 0.25) is 5.12 Å². The molecule has 1 nitrogen and oxygen atoms in total. The number of carbonyl (C=O) groups excluding carboxylic acids is 1. The first-order chi connectivity index (χ1) is 6.58. The van der Waals surface area contributed by atoms with E-state index in [4.69, 9.17) is 0 Å². The smallest absolute Gasteiger partial charge is 0.216 e. The van der Waals surface area contributed by atoms with Crippen LogP contribution in [0.15, 0.2) is 45.3 Å². The van der Waals surface area contributed by atoms with E-state index in [9.17, 15) is 4.79 Å². The van der Waals surface area contributed by atoms with Crippen molar-refractivity contribution in [3.63, 3.8) is 0 Å². The Bertz CT molecular complexity index is 367. The average molecular weight is 271 g/mol. The summed E-state index contributed by atoms with van der Waals surface area (Å²) in [6.07, 6.45) is 1.64. The fraction of sp³-hybridized carbons (Fsp3) is 0.182. The molecule has 0 bridgehead atoms. The number of thioether (sulfide) groups is 1. The highest BCUT2D eigenvalue weighted by Crippen LogP contribution is 2.23. The van der Waals surface area contributed by atoms with Crippen LogP contribution in [0.4, 0.5) is 0 Å². The highest BCUT2D eigenvalue weighted by atomic mass is 79.9. The summed E-state index contributed by atoms with van der Waals surface area (Å²) in [5.41, 5.74) is 1.03. The minimum absolute atomic E-state index is 0.0723. The lowest BCUT2D eigenvalue weighted by Gasteiger charge is -1.97. The number of halogens is 1. The Labute approximate surface area is 96.7 Å². The molecule has 0 aliphatic heterocycles. The van der Waals surface area contributed by atoms with Crippen molar-refractivity contribution in [1.29, 1.82) is 0 Å². The van der Waals surface area contributed by atoms with E-state index in [0.717, 1.165) is 14.9 Å². The molecule has 1 aromatic rings. The van der Waals surface area contributed by atoms with Gasteiger partial charge >= 0.3 is 0 Å². The van der Waals surface area contributed by atoms with Crippen LogP contribution < -0.4 is 0 Å². The minimum Gasteiger partial charge on any atom is -0.282 e. The Morgan fingerprint density at radius 2 is 2.14 bits per heavy atom. The largest absolute Gasteiger partial charge is 0.282 e. The van der Waals surface area contributed by atoms with Gasteiger partial charge in [-0.05, 0) is 49.9 Å². The van der Waals surface area contributed by atoms with Crippen LogP contribution in [-0.4, -0.2) is 5.12 Å². The molecule has 0 aliphatic rings. The molecule has 0 aromatic heterocycles. The molecule has 0 saturated heterocycles. The Balaban J connectivity index is 2.70. The summed E-state index contributed by atoms with van der Waals surface area (Å²) in [5, 5.41) is 0.0723. The standard InChI is InChI=1S/C11H11BrOS/c1-8(2)6-11(13)14-10-5-3-4-9(12)7-10/h3-7H,1-2H3. The first-order valence-electron chi connectivity index (χ1n) is 4.20. The molecule has 0 unspecified atom stereocenters. The molecule has 1 aromatic carbocycles. The lowest BCUT2D eigenvalue weighted by molar-refractivity contribution is -0.107. The molecular weight excluding hydrogens is 260 g/mol. The van der Waals surface area contributed by atoms with Crippen LogP contribution in [0.1, 0.15) is 13.8 Å². The average Bonchev–Trinajstić information content (AvgIpc) is 2.01. The quantitative estimate of drug-likeness (QED) is 0.596. The van der Waals surface area contributed by atoms with Crippen molar-refractivity contribution < 1.29 is 4.79 Å². The molecule has 0 aliphatic carbocycles. The topological polar surface area (TPSA) is 17.1 Å². The van der Waals surface area contributed by atoms with E-state index in [2.05, 4.69) is 15.9 Å². The van der Waals surface area contributed by atoms with E-state index < -0.39 is 0 Å². The summed E-state index contributed by atoms with van der Waals surface area (Å²) >= 11 is 4.60. The summed E-state index contributed by atoms with van der Waals surface area (Å²) in [4.78, 5) is 12.4. The zero-order valence-electron chi connectivity index (χ0n) is 8.08. The molecule has 0 saturated carbocycles. The maximum atomic E-state index is 11.4. The SMILES string of the molecule is CC(C)=CC(=O)Sc1cccc(Br)c1. The van der Waals surface area contributed by atoms with Gasteiger partial charge in [0, 0.05) is 9.37 Å². The summed E-state index contributed by atoms with van der Waals surface area (Å²) < 4.78 is 0.993. The van der Waals surface area contributed by atoms with Crippen LogP contribution in [0.3, 0.4) is 0 Å². The van der Waals surface area contributed by atoms with Crippen LogP contribution in [0.5, 0.6) is 0 Å². The Kier molecular flexibility index (Phi) is 4.42. The number of hydrogen-bond donors (Lipinski definition) is 0. The highest BCUT2D eigenvalue weighted by Gasteiger charge is 2.01. The first kappa shape index (κ1) is 11.5. The minimum atomic E-state index is 0.0723. The second kappa shape index (κ2) is 5.37. The molecule has 0 amide bonds. The summed E-state index contributed by atoms with van der Waals surface area (Å²) in [6.45, 7) is 3.83. The van der Waals surface area contributed by atoms with Crippen LogP contribution >= 0.6 is 27.7 Å². The number of hydrogen-bond acceptors (Lipinski definition) is 2. The number of carbonyl (C=O) groups is 1. The molecule has 0 N–H and O–H groups in total. The van der Waals surface area contributed by atoms with E-state index in [1.54, 1.807) is 6.08 Å². The van der Waals surface area contributed by atoms with E-state index in [-0.39, 0.29) is 5.12 Å². The molecule has 74 valence electrons. The molecule has 0 spiro atoms. The van der Waals surface area contributed by atoms with E-state index in [1.807, 2.05) is 38.1 Å². The third-order valence-corrected chi connectivity index (χ3v) is 2.72. The summed E-state index contributed by atoms with van der Waals surface area (Å²) in [6, 6.07) is 7.71. The van der Waals surface area contributed by atoms with Crippen molar-refractivity contribution in [2.24, 2.45) is 0 Å². The molecule has 3 heteroatoms. The predicted molar refractivity (Wildman–Crippen MR) is 64.4 cm³/mol. The zero-order valence-corrected chi connectivity index (χ0v) is 10.5. The summed E-state index contributed by atoms with van der Waals surface area (Å²) in [5.74, 6) is 0. The van der Waals surface area contributed by atoms with E-state index in [0.29, 0.717) is 0 Å². The van der Waals surface area contributed by atoms with Crippen LogP contribution in [-0.2, 0) is 4.79 Å². The maximum absolute atomic E-state index is 11.4. The van der Waals surface area contributed by atoms with Crippen molar-refractivity contribution in [3.8, 4) is 0 Å². The van der Waals surface area contributed by atoms with Gasteiger partial charge in [-0.1, -0.05) is 27.6 Å². The monoisotopic (exact) mass is 270 g/mol. The van der Waals surface area contributed by atoms with Gasteiger partial charge in [0.1, 0.15) is 0 Å². The number of benzene rings is 1. The number of rotatable bonds is 2. The Morgan fingerprint density at radius 3 is 2.71 bits per heavy atom. The van der Waals surface area contributed by atoms with Crippen molar-refractivity contribution >= 4 is 32.8 Å². The molecule has 0 heterocycles. The molecule has 0 atom stereocenters. The van der Waals surface area contributed by atoms with Gasteiger partial charge in [0.05, 0.1) is 0 Å². The van der Waals surface area contributed by atoms with Crippen LogP contribution in [0, 0.1) is 0 Å². The van der Waals surface area contributed by atoms with Gasteiger partial charge in [-0.15, -0.1) is 0 Å². The Morgan fingerprint density at radius 1 is 1.43 bits per heavy atom. The molecule has 1 rings (SSSR count). The lowest BCUT2D eigenvalue weighted by atomic mass is 10.3. The third-order valence-electron chi connectivity index (χ3n) is 1.42. The number of allylic oxidation sites excluding steroid dienone is 1. The Hall–Kier alpha value is -0.540. The van der Waals surface area contributed by atoms with Crippen molar-refractivity contribution in [2.75, 3.05) is 0 Å². The second-order valence-electron chi connectivity index (χ2n) is 3.10. The van der Waals surface area contributed by atoms with Crippen LogP contribution in [0.25, 0.3) is 0 Å². The molecule has 14 heavy (non-hydrogen) atoms. The van der Waals surface area contributed by atoms with Gasteiger partial charge in [-0.25, -0.2) is 0 Å². The third kappa shape index (κ3) is 4.11. The van der Waals surface area contributed by atoms with Crippen molar-refractivity contribution in [2.45, 2.75) is 18.7 Å². The van der Waals surface area contributed by atoms with Crippen molar-refractivity contribution in [1.82, 2.24) is 0 Å². The van der Waals surface area contributed by atoms with Gasteiger partial charge in [0.25, 0.3) is 0 Å². The molecule has 0 radical (unpaired) electrons. The fourth-order valence-corrected chi connectivity index (χ4v) is 2.32. The first-order valence-corrected chi connectivity index (χ1v) is 5.81. The van der Waals surface area contributed by atoms with Gasteiger partial charge in [0.15, 0.2) is 0 Å². The lowest BCUT2D eigenvalue weighted by Crippen LogP contribution is -1.85. The normalized spacial score (nSPS) is 9.64. The van der Waals surface area contributed by atoms with Gasteiger partial charge in [-0.3, -0.25) is 4.79 Å². The van der Waals surface area contributed by atoms with E-state index >= 15 is 0 Å². The van der Waals surface area contributed by atoms with Gasteiger partial charge < -0.3 is 0 Å². The fourth-order valence-electron chi connectivity index (χ4n) is 0.912. The van der Waals surface area contributed by atoms with Crippen molar-refractivity contribution in [3.05, 3.63) is 40.4 Å². The highest BCUT2D eigenvalue weighted by molar-refractivity contribution is 9.10. The maximum Gasteiger partial charge on any atom is 0.216 e. The summed E-state index contributed by atoms with van der Waals surface area (Å²) in [7, 11) is 0.